The largest absolute Gasteiger partial charge is 0.456 e. The van der Waals surface area contributed by atoms with E-state index < -0.39 is 0 Å². The fourth-order valence-electron chi connectivity index (χ4n) is 9.89. The highest BCUT2D eigenvalue weighted by Crippen LogP contribution is 2.50. The van der Waals surface area contributed by atoms with Gasteiger partial charge in [0, 0.05) is 39.3 Å². The van der Waals surface area contributed by atoms with Crippen LogP contribution in [-0.4, -0.2) is 0 Å². The summed E-state index contributed by atoms with van der Waals surface area (Å²) in [6.45, 7) is 4.68. The van der Waals surface area contributed by atoms with E-state index in [1.54, 1.807) is 0 Å². The lowest BCUT2D eigenvalue weighted by atomic mass is 9.81. The molecule has 0 atom stereocenters. The number of hydrogen-bond acceptors (Lipinski definition) is 2. The van der Waals surface area contributed by atoms with Gasteiger partial charge in [-0.1, -0.05) is 172 Å². The average Bonchev–Trinajstić information content (AvgIpc) is 3.83. The minimum absolute atomic E-state index is 0.0486. The van der Waals surface area contributed by atoms with E-state index in [1.807, 2.05) is 12.1 Å². The number of fused-ring (bicyclic) bond motifs is 7. The maximum atomic E-state index is 6.40. The molecule has 63 heavy (non-hydrogen) atoms. The number of rotatable bonds is 7. The van der Waals surface area contributed by atoms with Crippen LogP contribution >= 0.6 is 0 Å². The van der Waals surface area contributed by atoms with E-state index in [2.05, 4.69) is 231 Å². The molecule has 0 radical (unpaired) electrons. The molecular weight excluding hydrogens is 763 g/mol. The number of hydrogen-bond donors (Lipinski definition) is 0. The van der Waals surface area contributed by atoms with Crippen LogP contribution in [0.25, 0.3) is 88.3 Å². The molecule has 0 amide bonds. The van der Waals surface area contributed by atoms with Gasteiger partial charge in [0.05, 0.1) is 0 Å². The van der Waals surface area contributed by atoms with Crippen molar-refractivity contribution in [3.05, 3.63) is 236 Å². The molecule has 10 aromatic carbocycles. The van der Waals surface area contributed by atoms with Crippen LogP contribution in [0.3, 0.4) is 0 Å². The molecule has 0 saturated carbocycles. The monoisotopic (exact) mass is 805 g/mol. The van der Waals surface area contributed by atoms with Crippen molar-refractivity contribution >= 4 is 49.8 Å². The van der Waals surface area contributed by atoms with Crippen molar-refractivity contribution in [1.29, 1.82) is 0 Å². The van der Waals surface area contributed by atoms with Gasteiger partial charge in [0.15, 0.2) is 0 Å². The molecular formula is C61H43NO. The molecule has 1 aliphatic carbocycles. The molecule has 0 fully saturated rings. The summed E-state index contributed by atoms with van der Waals surface area (Å²) in [6, 6.07) is 81.6. The lowest BCUT2D eigenvalue weighted by Gasteiger charge is -2.26. The van der Waals surface area contributed by atoms with E-state index in [4.69, 9.17) is 4.42 Å². The predicted molar refractivity (Wildman–Crippen MR) is 265 cm³/mol. The second kappa shape index (κ2) is 14.6. The zero-order valence-electron chi connectivity index (χ0n) is 35.2. The van der Waals surface area contributed by atoms with Crippen molar-refractivity contribution in [3.8, 4) is 55.6 Å². The van der Waals surface area contributed by atoms with Crippen LogP contribution in [0.15, 0.2) is 229 Å². The zero-order valence-corrected chi connectivity index (χ0v) is 35.2. The van der Waals surface area contributed by atoms with Crippen LogP contribution in [0.2, 0.25) is 0 Å². The summed E-state index contributed by atoms with van der Waals surface area (Å²) < 4.78 is 6.40. The average molecular weight is 806 g/mol. The molecule has 0 aliphatic heterocycles. The maximum Gasteiger partial charge on any atom is 0.137 e. The van der Waals surface area contributed by atoms with Crippen LogP contribution in [0, 0.1) is 0 Å². The van der Waals surface area contributed by atoms with Crippen molar-refractivity contribution in [2.24, 2.45) is 0 Å². The van der Waals surface area contributed by atoms with E-state index in [9.17, 15) is 0 Å². The number of anilines is 3. The van der Waals surface area contributed by atoms with Crippen molar-refractivity contribution < 1.29 is 4.42 Å². The number of para-hydroxylation sites is 1. The van der Waals surface area contributed by atoms with Gasteiger partial charge < -0.3 is 9.32 Å². The van der Waals surface area contributed by atoms with E-state index in [1.165, 1.54) is 77.5 Å². The molecule has 0 unspecified atom stereocenters. The van der Waals surface area contributed by atoms with Crippen LogP contribution in [0.5, 0.6) is 0 Å². The highest BCUT2D eigenvalue weighted by atomic mass is 16.3. The molecule has 0 spiro atoms. The normalized spacial score (nSPS) is 12.7. The van der Waals surface area contributed by atoms with Crippen LogP contribution in [0.1, 0.15) is 25.0 Å². The van der Waals surface area contributed by atoms with Crippen molar-refractivity contribution in [2.75, 3.05) is 4.90 Å². The van der Waals surface area contributed by atoms with Gasteiger partial charge in [-0.25, -0.2) is 0 Å². The van der Waals surface area contributed by atoms with Gasteiger partial charge in [0.25, 0.3) is 0 Å². The molecule has 298 valence electrons. The number of nitrogens with zero attached hydrogens (tertiary/aromatic N) is 1. The van der Waals surface area contributed by atoms with Crippen LogP contribution in [-0.2, 0) is 5.41 Å². The van der Waals surface area contributed by atoms with Crippen molar-refractivity contribution in [3.63, 3.8) is 0 Å². The standard InChI is InChI=1S/C61H43NO/c1-61(2)57-16-7-5-14-53(57)54-34-28-49(38-58(54)61)44-26-31-51(32-27-44)62(52-33-35-56-55-15-6-8-17-59(55)63-60(56)39-52)50-29-24-42(25-30-50)41-18-20-43(21-19-41)46-12-9-13-47(36-46)48-23-22-40-10-3-4-11-45(40)37-48/h3-39H,1-2H3. The van der Waals surface area contributed by atoms with Crippen LogP contribution in [0.4, 0.5) is 17.1 Å². The lowest BCUT2D eigenvalue weighted by Crippen LogP contribution is -2.14. The predicted octanol–water partition coefficient (Wildman–Crippen LogP) is 17.2. The van der Waals surface area contributed by atoms with E-state index in [-0.39, 0.29) is 5.41 Å². The smallest absolute Gasteiger partial charge is 0.137 e. The van der Waals surface area contributed by atoms with Gasteiger partial charge >= 0.3 is 0 Å². The fraction of sp³-hybridized carbons (Fsp3) is 0.0492. The summed E-state index contributed by atoms with van der Waals surface area (Å²) in [6.07, 6.45) is 0. The maximum absolute atomic E-state index is 6.40. The first kappa shape index (κ1) is 36.9. The van der Waals surface area contributed by atoms with Crippen molar-refractivity contribution in [1.82, 2.24) is 0 Å². The van der Waals surface area contributed by atoms with Gasteiger partial charge in [0.1, 0.15) is 11.2 Å². The summed E-state index contributed by atoms with van der Waals surface area (Å²) >= 11 is 0. The molecule has 11 aromatic rings. The Balaban J connectivity index is 0.864. The Morgan fingerprint density at radius 3 is 1.57 bits per heavy atom. The number of benzene rings is 10. The van der Waals surface area contributed by atoms with Gasteiger partial charge in [-0.2, -0.15) is 0 Å². The first-order valence-corrected chi connectivity index (χ1v) is 21.8. The molecule has 1 heterocycles. The lowest BCUT2D eigenvalue weighted by molar-refractivity contribution is 0.660. The highest BCUT2D eigenvalue weighted by molar-refractivity contribution is 6.06. The van der Waals surface area contributed by atoms with E-state index in [0.29, 0.717) is 0 Å². The van der Waals surface area contributed by atoms with E-state index in [0.717, 1.165) is 39.0 Å². The van der Waals surface area contributed by atoms with Gasteiger partial charge in [-0.05, 0) is 138 Å². The van der Waals surface area contributed by atoms with Gasteiger partial charge in [-0.15, -0.1) is 0 Å². The topological polar surface area (TPSA) is 16.4 Å². The Morgan fingerprint density at radius 1 is 0.317 bits per heavy atom. The molecule has 0 saturated heterocycles. The summed E-state index contributed by atoms with van der Waals surface area (Å²) in [5, 5.41) is 4.76. The Bertz CT molecular complexity index is 3520. The zero-order chi connectivity index (χ0) is 42.1. The summed E-state index contributed by atoms with van der Waals surface area (Å²) in [5.74, 6) is 0. The highest BCUT2D eigenvalue weighted by Gasteiger charge is 2.35. The number of furan rings is 1. The minimum Gasteiger partial charge on any atom is -0.456 e. The molecule has 2 heteroatoms. The van der Waals surface area contributed by atoms with Crippen LogP contribution < -0.4 is 4.90 Å². The fourth-order valence-corrected chi connectivity index (χ4v) is 9.89. The Labute approximate surface area is 368 Å². The quantitative estimate of drug-likeness (QED) is 0.160. The first-order valence-electron chi connectivity index (χ1n) is 21.8. The first-order chi connectivity index (χ1) is 30.9. The summed E-state index contributed by atoms with van der Waals surface area (Å²) in [4.78, 5) is 2.33. The molecule has 1 aliphatic rings. The third-order valence-electron chi connectivity index (χ3n) is 13.3. The van der Waals surface area contributed by atoms with E-state index >= 15 is 0 Å². The molecule has 2 nitrogen and oxygen atoms in total. The third kappa shape index (κ3) is 6.34. The molecule has 12 rings (SSSR count). The SMILES string of the molecule is CC1(C)c2ccccc2-c2ccc(-c3ccc(N(c4ccc(-c5ccc(-c6cccc(-c7ccc8ccccc8c7)c6)cc5)cc4)c4ccc5c(c4)oc4ccccc45)cc3)cc21. The Kier molecular flexibility index (Phi) is 8.55. The molecule has 0 bridgehead atoms. The van der Waals surface area contributed by atoms with Gasteiger partial charge in [0.2, 0.25) is 0 Å². The molecule has 1 aromatic heterocycles. The third-order valence-corrected chi connectivity index (χ3v) is 13.3. The van der Waals surface area contributed by atoms with Crippen molar-refractivity contribution in [2.45, 2.75) is 19.3 Å². The summed E-state index contributed by atoms with van der Waals surface area (Å²) in [5.41, 5.74) is 20.0. The van der Waals surface area contributed by atoms with Gasteiger partial charge in [-0.3, -0.25) is 0 Å². The minimum atomic E-state index is -0.0486. The Morgan fingerprint density at radius 2 is 0.825 bits per heavy atom. The second-order valence-electron chi connectivity index (χ2n) is 17.4. The summed E-state index contributed by atoms with van der Waals surface area (Å²) in [7, 11) is 0. The molecule has 0 N–H and O–H groups in total. The Hall–Kier alpha value is -7.94. The second-order valence-corrected chi connectivity index (χ2v) is 17.4.